The molecule has 3 aromatic rings. The molecule has 0 bridgehead atoms. The van der Waals surface area contributed by atoms with Gasteiger partial charge in [0.25, 0.3) is 0 Å². The van der Waals surface area contributed by atoms with Crippen LogP contribution in [0.15, 0.2) is 48.8 Å². The summed E-state index contributed by atoms with van der Waals surface area (Å²) < 4.78 is 12.6. The first-order valence-corrected chi connectivity index (χ1v) is 6.63. The predicted octanol–water partition coefficient (Wildman–Crippen LogP) is 2.62. The van der Waals surface area contributed by atoms with Gasteiger partial charge in [0, 0.05) is 12.3 Å². The molecule has 6 nitrogen and oxygen atoms in total. The summed E-state index contributed by atoms with van der Waals surface area (Å²) in [5.74, 6) is 0.405. The Labute approximate surface area is 126 Å². The molecular weight excluding hydrogens is 284 g/mol. The van der Waals surface area contributed by atoms with Gasteiger partial charge in [0.05, 0.1) is 24.6 Å². The van der Waals surface area contributed by atoms with Crippen molar-refractivity contribution in [3.8, 4) is 11.5 Å². The molecule has 0 aliphatic heterocycles. The topological polar surface area (TPSA) is 73.1 Å². The highest BCUT2D eigenvalue weighted by atomic mass is 16.5. The molecule has 1 aromatic carbocycles. The zero-order chi connectivity index (χ0) is 15.5. The van der Waals surface area contributed by atoms with Crippen LogP contribution in [0.25, 0.3) is 5.65 Å². The predicted molar refractivity (Wildman–Crippen MR) is 79.5 cm³/mol. The highest BCUT2D eigenvalue weighted by molar-refractivity contribution is 5.87. The molecule has 0 radical (unpaired) electrons. The van der Waals surface area contributed by atoms with Crippen molar-refractivity contribution in [2.75, 3.05) is 7.11 Å². The Morgan fingerprint density at radius 1 is 1.27 bits per heavy atom. The van der Waals surface area contributed by atoms with E-state index in [1.807, 2.05) is 18.2 Å². The molecule has 0 spiro atoms. The molecule has 0 saturated heterocycles. The molecule has 0 aliphatic rings. The molecule has 0 aliphatic carbocycles. The van der Waals surface area contributed by atoms with Crippen LogP contribution in [-0.4, -0.2) is 27.6 Å². The summed E-state index contributed by atoms with van der Waals surface area (Å²) >= 11 is 0. The molecule has 112 valence electrons. The van der Waals surface area contributed by atoms with E-state index in [0.29, 0.717) is 17.1 Å². The fraction of sp³-hybridized carbons (Fsp3) is 0.125. The van der Waals surface area contributed by atoms with Crippen LogP contribution in [0.2, 0.25) is 0 Å². The van der Waals surface area contributed by atoms with Gasteiger partial charge in [0.1, 0.15) is 23.8 Å². The molecule has 1 N–H and O–H groups in total. The molecule has 2 heterocycles. The summed E-state index contributed by atoms with van der Waals surface area (Å²) in [5.41, 5.74) is 1.64. The van der Waals surface area contributed by atoms with Crippen LogP contribution in [0.5, 0.6) is 11.5 Å². The van der Waals surface area contributed by atoms with E-state index in [0.717, 1.165) is 5.69 Å². The lowest BCUT2D eigenvalue weighted by Gasteiger charge is -2.08. The lowest BCUT2D eigenvalue weighted by molar-refractivity contribution is 0.0696. The molecule has 2 aromatic heterocycles. The second kappa shape index (κ2) is 5.77. The maximum Gasteiger partial charge on any atom is 0.337 e. The monoisotopic (exact) mass is 298 g/mol. The third-order valence-electron chi connectivity index (χ3n) is 3.26. The Balaban J connectivity index is 1.84. The van der Waals surface area contributed by atoms with E-state index in [-0.39, 0.29) is 12.2 Å². The number of methoxy groups -OCH3 is 1. The molecule has 22 heavy (non-hydrogen) atoms. The standard InChI is InChI=1S/C16H14N2O4/c1-21-13-3-2-4-14(7-13)22-10-12-8-17-15-6-5-11(16(19)20)9-18(12)15/h2-9H,10H2,1H3,(H,19,20). The summed E-state index contributed by atoms with van der Waals surface area (Å²) in [6, 6.07) is 10.5. The number of nitrogens with zero attached hydrogens (tertiary/aromatic N) is 2. The number of benzene rings is 1. The van der Waals surface area contributed by atoms with Gasteiger partial charge < -0.3 is 14.6 Å². The Bertz CT molecular complexity index is 826. The second-order valence-corrected chi connectivity index (χ2v) is 4.67. The molecule has 0 atom stereocenters. The Kier molecular flexibility index (Phi) is 3.65. The quantitative estimate of drug-likeness (QED) is 0.784. The number of aromatic carboxylic acids is 1. The summed E-state index contributed by atoms with van der Waals surface area (Å²) in [4.78, 5) is 15.3. The van der Waals surface area contributed by atoms with E-state index in [1.54, 1.807) is 29.8 Å². The van der Waals surface area contributed by atoms with Crippen molar-refractivity contribution in [2.45, 2.75) is 6.61 Å². The summed E-state index contributed by atoms with van der Waals surface area (Å²) in [6.07, 6.45) is 3.20. The van der Waals surface area contributed by atoms with Gasteiger partial charge in [-0.05, 0) is 24.3 Å². The van der Waals surface area contributed by atoms with E-state index < -0.39 is 5.97 Å². The lowest BCUT2D eigenvalue weighted by atomic mass is 10.3. The summed E-state index contributed by atoms with van der Waals surface area (Å²) in [7, 11) is 1.59. The van der Waals surface area contributed by atoms with Gasteiger partial charge in [0.15, 0.2) is 0 Å². The first-order valence-electron chi connectivity index (χ1n) is 6.63. The number of carboxylic acid groups (broad SMARTS) is 1. The molecule has 3 rings (SSSR count). The van der Waals surface area contributed by atoms with E-state index in [2.05, 4.69) is 4.98 Å². The van der Waals surface area contributed by atoms with Gasteiger partial charge in [0.2, 0.25) is 0 Å². The van der Waals surface area contributed by atoms with Gasteiger partial charge in [-0.3, -0.25) is 4.40 Å². The van der Waals surface area contributed by atoms with Crippen LogP contribution in [0.1, 0.15) is 16.1 Å². The van der Waals surface area contributed by atoms with Crippen LogP contribution in [-0.2, 0) is 6.61 Å². The smallest absolute Gasteiger partial charge is 0.337 e. The van der Waals surface area contributed by atoms with Crippen molar-refractivity contribution < 1.29 is 19.4 Å². The van der Waals surface area contributed by atoms with Crippen LogP contribution in [0, 0.1) is 0 Å². The molecule has 6 heteroatoms. The third kappa shape index (κ3) is 2.71. The van der Waals surface area contributed by atoms with Crippen LogP contribution < -0.4 is 9.47 Å². The third-order valence-corrected chi connectivity index (χ3v) is 3.26. The normalized spacial score (nSPS) is 10.6. The number of carbonyl (C=O) groups is 1. The van der Waals surface area contributed by atoms with E-state index >= 15 is 0 Å². The molecular formula is C16H14N2O4. The zero-order valence-electron chi connectivity index (χ0n) is 11.9. The minimum Gasteiger partial charge on any atom is -0.497 e. The fourth-order valence-electron chi connectivity index (χ4n) is 2.11. The maximum atomic E-state index is 11.0. The van der Waals surface area contributed by atoms with Crippen LogP contribution in [0.3, 0.4) is 0 Å². The van der Waals surface area contributed by atoms with Crippen molar-refractivity contribution in [3.63, 3.8) is 0 Å². The number of fused-ring (bicyclic) bond motifs is 1. The van der Waals surface area contributed by atoms with Gasteiger partial charge >= 0.3 is 5.97 Å². The highest BCUT2D eigenvalue weighted by Gasteiger charge is 2.08. The second-order valence-electron chi connectivity index (χ2n) is 4.67. The molecule has 0 saturated carbocycles. The SMILES string of the molecule is COc1cccc(OCc2cnc3ccc(C(=O)O)cn23)c1. The Hall–Kier alpha value is -3.02. The highest BCUT2D eigenvalue weighted by Crippen LogP contribution is 2.20. The van der Waals surface area contributed by atoms with E-state index in [1.165, 1.54) is 12.3 Å². The van der Waals surface area contributed by atoms with Gasteiger partial charge in [-0.25, -0.2) is 9.78 Å². The minimum absolute atomic E-state index is 0.202. The molecule has 0 fully saturated rings. The van der Waals surface area contributed by atoms with Crippen molar-refractivity contribution in [1.82, 2.24) is 9.38 Å². The van der Waals surface area contributed by atoms with Gasteiger partial charge in [-0.15, -0.1) is 0 Å². The van der Waals surface area contributed by atoms with Crippen LogP contribution >= 0.6 is 0 Å². The number of hydrogen-bond acceptors (Lipinski definition) is 4. The van der Waals surface area contributed by atoms with E-state index in [4.69, 9.17) is 14.6 Å². The van der Waals surface area contributed by atoms with E-state index in [9.17, 15) is 4.79 Å². The number of ether oxygens (including phenoxy) is 2. The Morgan fingerprint density at radius 2 is 2.09 bits per heavy atom. The number of carboxylic acids is 1. The van der Waals surface area contributed by atoms with Gasteiger partial charge in [-0.1, -0.05) is 6.07 Å². The first kappa shape index (κ1) is 13.9. The largest absolute Gasteiger partial charge is 0.497 e. The van der Waals surface area contributed by atoms with Gasteiger partial charge in [-0.2, -0.15) is 0 Å². The molecule has 0 unspecified atom stereocenters. The zero-order valence-corrected chi connectivity index (χ0v) is 11.9. The lowest BCUT2D eigenvalue weighted by Crippen LogP contribution is -2.03. The van der Waals surface area contributed by atoms with Crippen molar-refractivity contribution >= 4 is 11.6 Å². The van der Waals surface area contributed by atoms with Crippen molar-refractivity contribution in [1.29, 1.82) is 0 Å². The maximum absolute atomic E-state index is 11.0. The first-order chi connectivity index (χ1) is 10.7. The number of rotatable bonds is 5. The molecule has 0 amide bonds. The summed E-state index contributed by atoms with van der Waals surface area (Å²) in [6.45, 7) is 0.275. The average molecular weight is 298 g/mol. The average Bonchev–Trinajstić information content (AvgIpc) is 2.95. The van der Waals surface area contributed by atoms with Crippen LogP contribution in [0.4, 0.5) is 0 Å². The van der Waals surface area contributed by atoms with Crippen molar-refractivity contribution in [2.24, 2.45) is 0 Å². The fourth-order valence-corrected chi connectivity index (χ4v) is 2.11. The number of imidazole rings is 1. The minimum atomic E-state index is -0.977. The van der Waals surface area contributed by atoms with Crippen molar-refractivity contribution in [3.05, 3.63) is 60.0 Å². The number of aromatic nitrogens is 2. The summed E-state index contributed by atoms with van der Waals surface area (Å²) in [5, 5.41) is 9.06. The number of hydrogen-bond donors (Lipinski definition) is 1. The number of pyridine rings is 1. The Morgan fingerprint density at radius 3 is 2.86 bits per heavy atom.